The number of nitrogens with two attached hydrogens (primary N) is 4. The Kier molecular flexibility index (Phi) is 33.6. The maximum absolute atomic E-state index is 14.9. The van der Waals surface area contributed by atoms with Crippen molar-refractivity contribution in [2.24, 2.45) is 39.8 Å². The Balaban J connectivity index is 1.54. The molecule has 0 unspecified atom stereocenters. The lowest BCUT2D eigenvalue weighted by Gasteiger charge is -2.32. The molecule has 0 radical (unpaired) electrons. The van der Waals surface area contributed by atoms with E-state index in [-0.39, 0.29) is 101 Å². The first kappa shape index (κ1) is 84.4. The normalized spacial score (nSPS) is 16.9. The Bertz CT molecular complexity index is 3410. The first-order valence-electron chi connectivity index (χ1n) is 33.6. The summed E-state index contributed by atoms with van der Waals surface area (Å²) >= 11 is 0. The molecular weight excluding hydrogens is 1350 g/mol. The van der Waals surface area contributed by atoms with E-state index in [4.69, 9.17) is 22.9 Å². The summed E-state index contributed by atoms with van der Waals surface area (Å²) < 4.78 is 0. The Labute approximate surface area is 593 Å². The van der Waals surface area contributed by atoms with Gasteiger partial charge in [0.05, 0.1) is 19.4 Å². The molecule has 2 heterocycles. The molecule has 2 aromatic carbocycles. The summed E-state index contributed by atoms with van der Waals surface area (Å²) in [5.41, 5.74) is 22.9. The molecule has 22 N–H and O–H groups in total. The number of carbonyl (C=O) groups excluding carboxylic acids is 14. The molecule has 37 nitrogen and oxygen atoms in total. The largest absolute Gasteiger partial charge is 0.508 e. The quantitative estimate of drug-likeness (QED) is 0.0168. The van der Waals surface area contributed by atoms with Crippen molar-refractivity contribution in [3.63, 3.8) is 0 Å². The zero-order valence-electron chi connectivity index (χ0n) is 58.3. The maximum Gasteiger partial charge on any atom is 0.305 e. The second-order valence-electron chi connectivity index (χ2n) is 25.9. The molecule has 2 fully saturated rings. The highest BCUT2D eigenvalue weighted by molar-refractivity contribution is 6.01. The number of aromatic hydroxyl groups is 1. The topological polar surface area (TPSA) is 597 Å². The summed E-state index contributed by atoms with van der Waals surface area (Å²) in [4.78, 5) is 222. The van der Waals surface area contributed by atoms with E-state index in [0.29, 0.717) is 11.1 Å². The maximum atomic E-state index is 14.9. The number of aliphatic hydroxyl groups is 1. The highest BCUT2D eigenvalue weighted by Crippen LogP contribution is 2.24. The molecular formula is C66H97N17O20. The minimum atomic E-state index is -2.07. The van der Waals surface area contributed by atoms with Gasteiger partial charge in [0.15, 0.2) is 5.96 Å². The molecule has 0 aromatic heterocycles. The van der Waals surface area contributed by atoms with E-state index in [1.807, 2.05) is 0 Å². The van der Waals surface area contributed by atoms with E-state index in [1.165, 1.54) is 31.2 Å². The lowest BCUT2D eigenvalue weighted by Crippen LogP contribution is -2.61. The third-order valence-corrected chi connectivity index (χ3v) is 16.7. The predicted octanol–water partition coefficient (Wildman–Crippen LogP) is -5.50. The van der Waals surface area contributed by atoms with Gasteiger partial charge in [0.1, 0.15) is 78.3 Å². The standard InChI is InChI=1S/C66H97N17O20/c1-33(2)27-45(80-63(101)53(34(3)4)81-55(93)35(5)72-56(94)41(22-23-50(67)87)74-60(98)47(32-84)73-36(6)85)64(102)82-25-12-17-49(82)62(100)78-44(31-52(90)91)58(96)77-43(30-51(88)89)59(97)79-46(29-37-13-8-7-9-14-37)65(103)83-26-11-16-48(83)61(99)75-40(15-10-24-71-66(69)70)57(95)76-42(54(68)92)28-38-18-20-39(86)21-19-38/h7-9,13-14,18-21,33-35,40-49,53,84,86H,10-12,15-17,22-32H2,1-6H3,(H2,67,87)(H2,68,92)(H,72,94)(H,73,85)(H,74,98)(H,75,99)(H,76,95)(H,77,96)(H,78,100)(H,79,97)(H,80,101)(H,81,93)(H,88,89)(H,90,91)(H4,69,70,71)/t35-,40-,41-,42-,43-,44-,45-,46-,47-,48-,49-,53-/m0/s1. The van der Waals surface area contributed by atoms with Crippen LogP contribution in [0.15, 0.2) is 59.6 Å². The SMILES string of the molecule is CC(=O)N[C@@H](CO)C(=O)N[C@@H](CCC(N)=O)C(=O)N[C@@H](C)C(=O)N[C@H](C(=O)N[C@@H](CC(C)C)C(=O)N1CCC[C@H]1C(=O)N[C@@H](CC(=O)O)C(=O)N[C@@H](CC(=O)O)C(=O)N[C@@H](Cc1ccccc1)C(=O)N1CCC[C@H]1C(=O)N[C@@H](CCCN=C(N)N)C(=O)N[C@@H](Cc1ccc(O)cc1)C(N)=O)C(C)C. The average molecular weight is 1450 g/mol. The Morgan fingerprint density at radius 3 is 1.48 bits per heavy atom. The van der Waals surface area contributed by atoms with Crippen molar-refractivity contribution in [3.8, 4) is 5.75 Å². The minimum Gasteiger partial charge on any atom is -0.508 e. The van der Waals surface area contributed by atoms with Crippen molar-refractivity contribution in [2.45, 2.75) is 198 Å². The van der Waals surface area contributed by atoms with Gasteiger partial charge in [-0.05, 0) is 93.4 Å². The number of nitrogens with one attached hydrogen (secondary N) is 10. The van der Waals surface area contributed by atoms with Gasteiger partial charge in [-0.1, -0.05) is 70.2 Å². The van der Waals surface area contributed by atoms with Gasteiger partial charge < -0.3 is 106 Å². The molecule has 0 bridgehead atoms. The van der Waals surface area contributed by atoms with Gasteiger partial charge in [0.25, 0.3) is 0 Å². The molecule has 37 heteroatoms. The summed E-state index contributed by atoms with van der Waals surface area (Å²) in [6.45, 7) is 7.94. The number of carbonyl (C=O) groups is 16. The molecule has 2 aromatic rings. The highest BCUT2D eigenvalue weighted by atomic mass is 16.4. The van der Waals surface area contributed by atoms with Crippen molar-refractivity contribution in [3.05, 3.63) is 65.7 Å². The predicted molar refractivity (Wildman–Crippen MR) is 365 cm³/mol. The number of primary amides is 2. The number of benzene rings is 2. The smallest absolute Gasteiger partial charge is 0.305 e. The third-order valence-electron chi connectivity index (χ3n) is 16.7. The van der Waals surface area contributed by atoms with Crippen molar-refractivity contribution in [2.75, 3.05) is 26.2 Å². The molecule has 4 rings (SSSR count). The first-order chi connectivity index (χ1) is 48.5. The van der Waals surface area contributed by atoms with E-state index in [9.17, 15) is 97.1 Å². The number of carboxylic acid groups (broad SMARTS) is 2. The molecule has 2 aliphatic heterocycles. The third kappa shape index (κ3) is 27.8. The number of hydrogen-bond acceptors (Lipinski definition) is 19. The van der Waals surface area contributed by atoms with E-state index >= 15 is 0 Å². The molecule has 0 spiro atoms. The molecule has 566 valence electrons. The van der Waals surface area contributed by atoms with Gasteiger partial charge in [0, 0.05) is 45.8 Å². The van der Waals surface area contributed by atoms with E-state index in [2.05, 4.69) is 58.2 Å². The summed E-state index contributed by atoms with van der Waals surface area (Å²) in [6.07, 6.45) is -2.98. The first-order valence-corrected chi connectivity index (χ1v) is 33.6. The second kappa shape index (κ2) is 41.0. The van der Waals surface area contributed by atoms with Crippen LogP contribution in [-0.2, 0) is 89.6 Å². The van der Waals surface area contributed by atoms with Crippen LogP contribution < -0.4 is 76.1 Å². The average Bonchev–Trinajstić information content (AvgIpc) is 1.74. The number of aliphatic imine (C=N–C) groups is 1. The monoisotopic (exact) mass is 1450 g/mol. The van der Waals surface area contributed by atoms with Crippen LogP contribution in [0.1, 0.15) is 123 Å². The van der Waals surface area contributed by atoms with Crippen molar-refractivity contribution >= 4 is 101 Å². The number of rotatable bonds is 41. The zero-order chi connectivity index (χ0) is 76.9. The number of phenols is 1. The van der Waals surface area contributed by atoms with Gasteiger partial charge in [-0.25, -0.2) is 0 Å². The molecule has 2 saturated heterocycles. The van der Waals surface area contributed by atoms with Crippen molar-refractivity contribution in [1.29, 1.82) is 0 Å². The number of carboxylic acids is 2. The van der Waals surface area contributed by atoms with Crippen LogP contribution in [0.4, 0.5) is 0 Å². The number of aliphatic carboxylic acids is 2. The lowest BCUT2D eigenvalue weighted by molar-refractivity contribution is -0.145. The molecule has 0 aliphatic carbocycles. The van der Waals surface area contributed by atoms with E-state index in [1.54, 1.807) is 58.0 Å². The highest BCUT2D eigenvalue weighted by Gasteiger charge is 2.43. The Morgan fingerprint density at radius 1 is 0.515 bits per heavy atom. The number of likely N-dealkylation sites (tertiary alicyclic amines) is 2. The Hall–Kier alpha value is -11.0. The van der Waals surface area contributed by atoms with Gasteiger partial charge in [-0.2, -0.15) is 0 Å². The lowest BCUT2D eigenvalue weighted by atomic mass is 9.99. The van der Waals surface area contributed by atoms with E-state index in [0.717, 1.165) is 16.7 Å². The van der Waals surface area contributed by atoms with Crippen LogP contribution in [0, 0.1) is 11.8 Å². The fourth-order valence-electron chi connectivity index (χ4n) is 11.5. The molecule has 14 amide bonds. The molecule has 103 heavy (non-hydrogen) atoms. The van der Waals surface area contributed by atoms with Crippen LogP contribution in [0.2, 0.25) is 0 Å². The van der Waals surface area contributed by atoms with Crippen LogP contribution >= 0.6 is 0 Å². The number of guanidine groups is 1. The van der Waals surface area contributed by atoms with Crippen LogP contribution in [0.5, 0.6) is 5.75 Å². The molecule has 2 aliphatic rings. The number of aliphatic hydroxyl groups excluding tert-OH is 1. The molecule has 0 saturated carbocycles. The van der Waals surface area contributed by atoms with Crippen molar-refractivity contribution in [1.82, 2.24) is 63.0 Å². The van der Waals surface area contributed by atoms with Crippen molar-refractivity contribution < 1.29 is 97.1 Å². The fraction of sp³-hybridized carbons (Fsp3) is 0.561. The van der Waals surface area contributed by atoms with Crippen LogP contribution in [-0.4, -0.2) is 230 Å². The number of amides is 14. The van der Waals surface area contributed by atoms with Gasteiger partial charge in [-0.15, -0.1) is 0 Å². The van der Waals surface area contributed by atoms with Gasteiger partial charge in [0.2, 0.25) is 82.7 Å². The minimum absolute atomic E-state index is 0.0226. The molecule has 12 atom stereocenters. The van der Waals surface area contributed by atoms with E-state index < -0.39 is 199 Å². The number of hydrogen-bond donors (Lipinski definition) is 18. The number of nitrogens with zero attached hydrogens (tertiary/aromatic N) is 3. The van der Waals surface area contributed by atoms with Gasteiger partial charge in [-0.3, -0.25) is 81.7 Å². The zero-order valence-corrected chi connectivity index (χ0v) is 58.3. The second-order valence-corrected chi connectivity index (χ2v) is 25.9. The summed E-state index contributed by atoms with van der Waals surface area (Å²) in [5, 5.41) is 63.9. The van der Waals surface area contributed by atoms with Crippen LogP contribution in [0.25, 0.3) is 0 Å². The van der Waals surface area contributed by atoms with Gasteiger partial charge >= 0.3 is 11.9 Å². The fourth-order valence-corrected chi connectivity index (χ4v) is 11.5. The summed E-state index contributed by atoms with van der Waals surface area (Å²) in [5.74, 6) is -17.8. The summed E-state index contributed by atoms with van der Waals surface area (Å²) in [7, 11) is 0. The Morgan fingerprint density at radius 2 is 0.971 bits per heavy atom. The number of phenolic OH excluding ortho intramolecular Hbond substituents is 1. The summed E-state index contributed by atoms with van der Waals surface area (Å²) in [6, 6.07) is -4.28. The van der Waals surface area contributed by atoms with Crippen LogP contribution in [0.3, 0.4) is 0 Å².